The highest BCUT2D eigenvalue weighted by atomic mass is 16.2. The van der Waals surface area contributed by atoms with Gasteiger partial charge in [0.15, 0.2) is 0 Å². The maximum absolute atomic E-state index is 12.8. The van der Waals surface area contributed by atoms with Gasteiger partial charge in [-0.25, -0.2) is 0 Å². The maximum atomic E-state index is 12.8. The van der Waals surface area contributed by atoms with Crippen molar-refractivity contribution in [2.75, 3.05) is 32.7 Å². The second-order valence-corrected chi connectivity index (χ2v) is 7.56. The van der Waals surface area contributed by atoms with Crippen LogP contribution >= 0.6 is 0 Å². The Balaban J connectivity index is 1.56. The Morgan fingerprint density at radius 3 is 2.54 bits per heavy atom. The van der Waals surface area contributed by atoms with Gasteiger partial charge >= 0.3 is 0 Å². The Bertz CT molecular complexity index is 507. The van der Waals surface area contributed by atoms with Crippen molar-refractivity contribution in [1.29, 1.82) is 0 Å². The second kappa shape index (κ2) is 7.68. The highest BCUT2D eigenvalue weighted by Gasteiger charge is 2.33. The summed E-state index contributed by atoms with van der Waals surface area (Å²) in [4.78, 5) is 30.9. The molecule has 3 aliphatic rings. The molecule has 2 aliphatic heterocycles. The molecule has 0 aromatic rings. The summed E-state index contributed by atoms with van der Waals surface area (Å²) in [5, 5.41) is 0. The number of rotatable bonds is 5. The molecule has 1 atom stereocenters. The van der Waals surface area contributed by atoms with Crippen molar-refractivity contribution in [2.45, 2.75) is 64.5 Å². The molecular weight excluding hydrogens is 302 g/mol. The standard InChI is InChI=1S/C19H31N3O2/c1-15(19(24)20-10-4-3-5-11-20)21-12-6-7-17(13-21)14-22(16(2)23)18-8-9-18/h7,15,18H,3-6,8-14H2,1-2H3/t15-/m0/s1. The minimum absolute atomic E-state index is 0.0569. The number of nitrogens with zero attached hydrogens (tertiary/aromatic N) is 3. The first-order valence-corrected chi connectivity index (χ1v) is 9.54. The van der Waals surface area contributed by atoms with Crippen molar-refractivity contribution < 1.29 is 9.59 Å². The van der Waals surface area contributed by atoms with Gasteiger partial charge in [-0.1, -0.05) is 6.08 Å². The summed E-state index contributed by atoms with van der Waals surface area (Å²) in [5.41, 5.74) is 1.29. The van der Waals surface area contributed by atoms with Crippen LogP contribution in [0.2, 0.25) is 0 Å². The van der Waals surface area contributed by atoms with Crippen LogP contribution in [0.15, 0.2) is 11.6 Å². The van der Waals surface area contributed by atoms with Crippen molar-refractivity contribution in [3.63, 3.8) is 0 Å². The van der Waals surface area contributed by atoms with Crippen LogP contribution in [0.1, 0.15) is 52.4 Å². The average Bonchev–Trinajstić information content (AvgIpc) is 3.44. The lowest BCUT2D eigenvalue weighted by Crippen LogP contribution is -2.50. The fourth-order valence-electron chi connectivity index (χ4n) is 3.92. The molecule has 0 unspecified atom stereocenters. The molecule has 5 heteroatoms. The van der Waals surface area contributed by atoms with Crippen LogP contribution < -0.4 is 0 Å². The molecule has 2 amide bonds. The molecule has 24 heavy (non-hydrogen) atoms. The van der Waals surface area contributed by atoms with Crippen LogP contribution in [-0.2, 0) is 9.59 Å². The normalized spacial score (nSPS) is 23.6. The van der Waals surface area contributed by atoms with Crippen LogP contribution in [0.4, 0.5) is 0 Å². The van der Waals surface area contributed by atoms with Crippen LogP contribution in [-0.4, -0.2) is 71.3 Å². The number of likely N-dealkylation sites (tertiary alicyclic amines) is 1. The zero-order chi connectivity index (χ0) is 17.1. The van der Waals surface area contributed by atoms with E-state index in [1.54, 1.807) is 6.92 Å². The molecule has 0 bridgehead atoms. The third-order valence-corrected chi connectivity index (χ3v) is 5.59. The molecule has 1 saturated heterocycles. The van der Waals surface area contributed by atoms with Gasteiger partial charge in [0.2, 0.25) is 11.8 Å². The van der Waals surface area contributed by atoms with E-state index in [0.717, 1.165) is 64.8 Å². The lowest BCUT2D eigenvalue weighted by atomic mass is 10.1. The number of hydrogen-bond donors (Lipinski definition) is 0. The lowest BCUT2D eigenvalue weighted by Gasteiger charge is -2.37. The number of piperidine rings is 1. The molecule has 3 rings (SSSR count). The fraction of sp³-hybridized carbons (Fsp3) is 0.789. The Hall–Kier alpha value is -1.36. The van der Waals surface area contributed by atoms with E-state index in [1.807, 2.05) is 16.7 Å². The molecule has 5 nitrogen and oxygen atoms in total. The van der Waals surface area contributed by atoms with Crippen LogP contribution in [0.5, 0.6) is 0 Å². The molecule has 0 N–H and O–H groups in total. The van der Waals surface area contributed by atoms with E-state index < -0.39 is 0 Å². The summed E-state index contributed by atoms with van der Waals surface area (Å²) in [6.07, 6.45) is 9.05. The highest BCUT2D eigenvalue weighted by Crippen LogP contribution is 2.28. The third-order valence-electron chi connectivity index (χ3n) is 5.59. The number of carbonyl (C=O) groups excluding carboxylic acids is 2. The van der Waals surface area contributed by atoms with Gasteiger partial charge in [0, 0.05) is 45.7 Å². The largest absolute Gasteiger partial charge is 0.341 e. The molecule has 2 fully saturated rings. The first-order valence-electron chi connectivity index (χ1n) is 9.54. The van der Waals surface area contributed by atoms with Crippen LogP contribution in [0.25, 0.3) is 0 Å². The smallest absolute Gasteiger partial charge is 0.239 e. The summed E-state index contributed by atoms with van der Waals surface area (Å²) >= 11 is 0. The number of carbonyl (C=O) groups is 2. The minimum Gasteiger partial charge on any atom is -0.341 e. The first-order chi connectivity index (χ1) is 11.6. The average molecular weight is 333 g/mol. The predicted molar refractivity (Wildman–Crippen MR) is 94.6 cm³/mol. The van der Waals surface area contributed by atoms with Gasteiger partial charge in [0.25, 0.3) is 0 Å². The lowest BCUT2D eigenvalue weighted by molar-refractivity contribution is -0.137. The van der Waals surface area contributed by atoms with Gasteiger partial charge < -0.3 is 9.80 Å². The van der Waals surface area contributed by atoms with Gasteiger partial charge in [-0.15, -0.1) is 0 Å². The van der Waals surface area contributed by atoms with Gasteiger partial charge in [0.05, 0.1) is 6.04 Å². The molecule has 0 radical (unpaired) electrons. The minimum atomic E-state index is -0.0569. The first kappa shape index (κ1) is 17.5. The summed E-state index contributed by atoms with van der Waals surface area (Å²) < 4.78 is 0. The molecule has 0 spiro atoms. The molecule has 1 aliphatic carbocycles. The zero-order valence-electron chi connectivity index (χ0n) is 15.2. The Kier molecular flexibility index (Phi) is 5.59. The third kappa shape index (κ3) is 4.18. The van der Waals surface area contributed by atoms with Crippen molar-refractivity contribution in [3.8, 4) is 0 Å². The van der Waals surface area contributed by atoms with Crippen LogP contribution in [0.3, 0.4) is 0 Å². The van der Waals surface area contributed by atoms with Crippen molar-refractivity contribution in [2.24, 2.45) is 0 Å². The highest BCUT2D eigenvalue weighted by molar-refractivity contribution is 5.81. The second-order valence-electron chi connectivity index (χ2n) is 7.56. The van der Waals surface area contributed by atoms with E-state index in [2.05, 4.69) is 11.0 Å². The van der Waals surface area contributed by atoms with Crippen molar-refractivity contribution in [3.05, 3.63) is 11.6 Å². The SMILES string of the molecule is CC(=O)N(CC1=CCCN([C@@H](C)C(=O)N2CCCCC2)C1)C1CC1. The number of hydrogen-bond acceptors (Lipinski definition) is 3. The van der Waals surface area contributed by atoms with Crippen LogP contribution in [0, 0.1) is 0 Å². The molecule has 134 valence electrons. The van der Waals surface area contributed by atoms with E-state index in [1.165, 1.54) is 12.0 Å². The van der Waals surface area contributed by atoms with E-state index >= 15 is 0 Å². The number of amides is 2. The Labute approximate surface area is 145 Å². The van der Waals surface area contributed by atoms with Gasteiger partial charge in [-0.05, 0) is 51.0 Å². The Morgan fingerprint density at radius 1 is 1.21 bits per heavy atom. The molecule has 1 saturated carbocycles. The molecule has 0 aromatic carbocycles. The quantitative estimate of drug-likeness (QED) is 0.723. The summed E-state index contributed by atoms with van der Waals surface area (Å²) in [5.74, 6) is 0.453. The van der Waals surface area contributed by atoms with Crippen molar-refractivity contribution in [1.82, 2.24) is 14.7 Å². The van der Waals surface area contributed by atoms with Crippen molar-refractivity contribution >= 4 is 11.8 Å². The molecular formula is C19H31N3O2. The summed E-state index contributed by atoms with van der Waals surface area (Å²) in [6.45, 7) is 8.04. The monoisotopic (exact) mass is 333 g/mol. The zero-order valence-corrected chi connectivity index (χ0v) is 15.2. The van der Waals surface area contributed by atoms with Gasteiger partial charge in [0.1, 0.15) is 0 Å². The molecule has 2 heterocycles. The van der Waals surface area contributed by atoms with E-state index in [0.29, 0.717) is 6.04 Å². The van der Waals surface area contributed by atoms with E-state index in [9.17, 15) is 9.59 Å². The van der Waals surface area contributed by atoms with E-state index in [-0.39, 0.29) is 17.9 Å². The van der Waals surface area contributed by atoms with E-state index in [4.69, 9.17) is 0 Å². The van der Waals surface area contributed by atoms with Gasteiger partial charge in [-0.3, -0.25) is 14.5 Å². The van der Waals surface area contributed by atoms with Gasteiger partial charge in [-0.2, -0.15) is 0 Å². The maximum Gasteiger partial charge on any atom is 0.239 e. The molecule has 0 aromatic heterocycles. The fourth-order valence-corrected chi connectivity index (χ4v) is 3.92. The predicted octanol–water partition coefficient (Wildman–Crippen LogP) is 2.03. The summed E-state index contributed by atoms with van der Waals surface area (Å²) in [6, 6.07) is 0.393. The summed E-state index contributed by atoms with van der Waals surface area (Å²) in [7, 11) is 0. The topological polar surface area (TPSA) is 43.9 Å². The Morgan fingerprint density at radius 2 is 1.92 bits per heavy atom.